The van der Waals surface area contributed by atoms with Gasteiger partial charge in [-0.3, -0.25) is 0 Å². The zero-order valence-corrected chi connectivity index (χ0v) is 13.0. The van der Waals surface area contributed by atoms with Crippen molar-refractivity contribution in [2.24, 2.45) is 0 Å². The minimum absolute atomic E-state index is 0.213. The van der Waals surface area contributed by atoms with Crippen LogP contribution >= 0.6 is 11.3 Å². The van der Waals surface area contributed by atoms with Gasteiger partial charge in [-0.1, -0.05) is 13.8 Å². The van der Waals surface area contributed by atoms with E-state index in [1.165, 1.54) is 17.5 Å². The first-order valence-corrected chi connectivity index (χ1v) is 8.62. The summed E-state index contributed by atoms with van der Waals surface area (Å²) < 4.78 is 26.7. The largest absolute Gasteiger partial charge is 0.363 e. The highest BCUT2D eigenvalue weighted by atomic mass is 32.2. The first kappa shape index (κ1) is 15.2. The van der Waals surface area contributed by atoms with Gasteiger partial charge in [-0.2, -0.15) is 0 Å². The van der Waals surface area contributed by atoms with Crippen LogP contribution in [0.5, 0.6) is 0 Å². The van der Waals surface area contributed by atoms with Gasteiger partial charge in [0.05, 0.1) is 11.4 Å². The minimum atomic E-state index is -3.50. The molecule has 0 aliphatic rings. The van der Waals surface area contributed by atoms with Crippen LogP contribution in [0.4, 0.5) is 0 Å². The lowest BCUT2D eigenvalue weighted by atomic mass is 10.3. The molecule has 0 saturated carbocycles. The number of thiazole rings is 1. The summed E-state index contributed by atoms with van der Waals surface area (Å²) in [7, 11) is -3.50. The van der Waals surface area contributed by atoms with Crippen LogP contribution in [-0.4, -0.2) is 24.4 Å². The van der Waals surface area contributed by atoms with Crippen molar-refractivity contribution in [2.75, 3.05) is 0 Å². The van der Waals surface area contributed by atoms with Gasteiger partial charge in [-0.05, 0) is 6.07 Å². The SMILES string of the molecule is CC(C)NCc1cc(S(=O)(=O)NCc2nccs2)c[nH]1. The van der Waals surface area contributed by atoms with Gasteiger partial charge in [0.25, 0.3) is 0 Å². The molecule has 110 valence electrons. The Balaban J connectivity index is 1.98. The molecule has 0 unspecified atom stereocenters. The molecule has 0 atom stereocenters. The molecular formula is C12H18N4O2S2. The average molecular weight is 314 g/mol. The van der Waals surface area contributed by atoms with Crippen molar-refractivity contribution in [2.45, 2.75) is 37.9 Å². The Morgan fingerprint density at radius 1 is 1.40 bits per heavy atom. The van der Waals surface area contributed by atoms with Gasteiger partial charge < -0.3 is 10.3 Å². The van der Waals surface area contributed by atoms with Crippen LogP contribution in [0.1, 0.15) is 24.5 Å². The molecule has 0 radical (unpaired) electrons. The van der Waals surface area contributed by atoms with E-state index in [1.54, 1.807) is 12.3 Å². The molecule has 3 N–H and O–H groups in total. The summed E-state index contributed by atoms with van der Waals surface area (Å²) in [4.78, 5) is 7.25. The van der Waals surface area contributed by atoms with Crippen molar-refractivity contribution in [1.82, 2.24) is 20.0 Å². The summed E-state index contributed by atoms with van der Waals surface area (Å²) in [5.74, 6) is 0. The van der Waals surface area contributed by atoms with E-state index < -0.39 is 10.0 Å². The third-order valence-electron chi connectivity index (χ3n) is 2.62. The van der Waals surface area contributed by atoms with Crippen LogP contribution < -0.4 is 10.0 Å². The van der Waals surface area contributed by atoms with Gasteiger partial charge in [0.15, 0.2) is 0 Å². The minimum Gasteiger partial charge on any atom is -0.363 e. The zero-order valence-electron chi connectivity index (χ0n) is 11.4. The van der Waals surface area contributed by atoms with Crippen LogP contribution in [0.15, 0.2) is 28.7 Å². The molecule has 2 rings (SSSR count). The number of nitrogens with zero attached hydrogens (tertiary/aromatic N) is 1. The van der Waals surface area contributed by atoms with E-state index in [9.17, 15) is 8.42 Å². The number of hydrogen-bond donors (Lipinski definition) is 3. The van der Waals surface area contributed by atoms with E-state index in [0.29, 0.717) is 12.6 Å². The Morgan fingerprint density at radius 2 is 2.20 bits per heavy atom. The molecule has 0 bridgehead atoms. The first-order chi connectivity index (χ1) is 9.47. The maximum Gasteiger partial charge on any atom is 0.242 e. The van der Waals surface area contributed by atoms with Gasteiger partial charge in [-0.15, -0.1) is 11.3 Å². The van der Waals surface area contributed by atoms with E-state index in [2.05, 4.69) is 20.0 Å². The molecule has 20 heavy (non-hydrogen) atoms. The summed E-state index contributed by atoms with van der Waals surface area (Å²) in [5, 5.41) is 5.78. The molecule has 0 aliphatic carbocycles. The maximum absolute atomic E-state index is 12.1. The van der Waals surface area contributed by atoms with E-state index in [4.69, 9.17) is 0 Å². The predicted octanol–water partition coefficient (Wildman–Crippen LogP) is 1.45. The highest BCUT2D eigenvalue weighted by Crippen LogP contribution is 2.12. The topological polar surface area (TPSA) is 86.9 Å². The first-order valence-electron chi connectivity index (χ1n) is 6.26. The number of aromatic nitrogens is 2. The fourth-order valence-corrected chi connectivity index (χ4v) is 3.22. The third-order valence-corrected chi connectivity index (χ3v) is 4.78. The molecule has 0 saturated heterocycles. The Bertz CT molecular complexity index is 632. The molecule has 0 amide bonds. The molecule has 0 aliphatic heterocycles. The average Bonchev–Trinajstić information content (AvgIpc) is 3.05. The zero-order chi connectivity index (χ0) is 14.6. The lowest BCUT2D eigenvalue weighted by Gasteiger charge is -2.05. The fourth-order valence-electron chi connectivity index (χ4n) is 1.57. The lowest BCUT2D eigenvalue weighted by Crippen LogP contribution is -2.23. The second-order valence-electron chi connectivity index (χ2n) is 4.65. The second-order valence-corrected chi connectivity index (χ2v) is 7.39. The maximum atomic E-state index is 12.1. The number of hydrogen-bond acceptors (Lipinski definition) is 5. The number of rotatable bonds is 7. The fraction of sp³-hybridized carbons (Fsp3) is 0.417. The summed E-state index contributed by atoms with van der Waals surface area (Å²) in [6.07, 6.45) is 3.15. The van der Waals surface area contributed by atoms with Crippen molar-refractivity contribution in [3.8, 4) is 0 Å². The normalized spacial score (nSPS) is 12.2. The predicted molar refractivity (Wildman–Crippen MR) is 78.9 cm³/mol. The third kappa shape index (κ3) is 4.14. The van der Waals surface area contributed by atoms with Crippen LogP contribution in [-0.2, 0) is 23.1 Å². The van der Waals surface area contributed by atoms with Crippen molar-refractivity contribution < 1.29 is 8.42 Å². The summed E-state index contributed by atoms with van der Waals surface area (Å²) >= 11 is 1.42. The highest BCUT2D eigenvalue weighted by molar-refractivity contribution is 7.89. The smallest absolute Gasteiger partial charge is 0.242 e. The highest BCUT2D eigenvalue weighted by Gasteiger charge is 2.16. The van der Waals surface area contributed by atoms with Crippen LogP contribution in [0.3, 0.4) is 0 Å². The quantitative estimate of drug-likeness (QED) is 0.722. The van der Waals surface area contributed by atoms with Crippen molar-refractivity contribution in [3.63, 3.8) is 0 Å². The van der Waals surface area contributed by atoms with E-state index in [0.717, 1.165) is 10.7 Å². The summed E-state index contributed by atoms with van der Waals surface area (Å²) in [6.45, 7) is 4.90. The van der Waals surface area contributed by atoms with Crippen LogP contribution in [0, 0.1) is 0 Å². The molecule has 0 spiro atoms. The van der Waals surface area contributed by atoms with Gasteiger partial charge in [-0.25, -0.2) is 18.1 Å². The monoisotopic (exact) mass is 314 g/mol. The van der Waals surface area contributed by atoms with Crippen molar-refractivity contribution in [3.05, 3.63) is 34.5 Å². The molecule has 2 aromatic rings. The molecule has 2 aromatic heterocycles. The van der Waals surface area contributed by atoms with Gasteiger partial charge in [0.2, 0.25) is 10.0 Å². The van der Waals surface area contributed by atoms with Gasteiger partial charge in [0, 0.05) is 36.1 Å². The molecule has 2 heterocycles. The van der Waals surface area contributed by atoms with E-state index >= 15 is 0 Å². The number of H-pyrrole nitrogens is 1. The van der Waals surface area contributed by atoms with Crippen LogP contribution in [0.2, 0.25) is 0 Å². The number of sulfonamides is 1. The molecule has 6 nitrogen and oxygen atoms in total. The molecule has 8 heteroatoms. The van der Waals surface area contributed by atoms with Crippen LogP contribution in [0.25, 0.3) is 0 Å². The second kappa shape index (κ2) is 6.49. The Hall–Kier alpha value is -1.22. The standard InChI is InChI=1S/C12H18N4O2S2/c1-9(2)14-6-10-5-11(7-15-10)20(17,18)16-8-12-13-3-4-19-12/h3-5,7,9,14-16H,6,8H2,1-2H3. The summed E-state index contributed by atoms with van der Waals surface area (Å²) in [5.41, 5.74) is 0.841. The number of aromatic amines is 1. The summed E-state index contributed by atoms with van der Waals surface area (Å²) in [6, 6.07) is 1.99. The molecule has 0 aromatic carbocycles. The van der Waals surface area contributed by atoms with E-state index in [-0.39, 0.29) is 11.4 Å². The number of nitrogens with one attached hydrogen (secondary N) is 3. The van der Waals surface area contributed by atoms with Gasteiger partial charge in [0.1, 0.15) is 5.01 Å². The Morgan fingerprint density at radius 3 is 2.85 bits per heavy atom. The molecular weight excluding hydrogens is 296 g/mol. The van der Waals surface area contributed by atoms with Gasteiger partial charge >= 0.3 is 0 Å². The van der Waals surface area contributed by atoms with E-state index in [1.807, 2.05) is 19.2 Å². The Kier molecular flexibility index (Phi) is 4.92. The van der Waals surface area contributed by atoms with Crippen molar-refractivity contribution in [1.29, 1.82) is 0 Å². The molecule has 0 fully saturated rings. The lowest BCUT2D eigenvalue weighted by molar-refractivity contribution is 0.580. The van der Waals surface area contributed by atoms with Crippen molar-refractivity contribution >= 4 is 21.4 Å². The Labute approximate surface area is 122 Å².